The lowest BCUT2D eigenvalue weighted by molar-refractivity contribution is -0.157. The topological polar surface area (TPSA) is 49.4 Å². The smallest absolute Gasteiger partial charge is 0.249 e. The molecule has 0 bridgehead atoms. The summed E-state index contributed by atoms with van der Waals surface area (Å²) in [5.74, 6) is 0.942. The van der Waals surface area contributed by atoms with Crippen molar-refractivity contribution in [2.45, 2.75) is 71.5 Å². The van der Waals surface area contributed by atoms with Crippen molar-refractivity contribution in [3.63, 3.8) is 0 Å². The maximum Gasteiger partial charge on any atom is 0.249 e. The summed E-state index contributed by atoms with van der Waals surface area (Å²) < 4.78 is 0. The molecule has 3 unspecified atom stereocenters. The zero-order valence-electron chi connectivity index (χ0n) is 12.7. The van der Waals surface area contributed by atoms with Crippen molar-refractivity contribution in [1.82, 2.24) is 10.2 Å². The van der Waals surface area contributed by atoms with Crippen molar-refractivity contribution in [2.75, 3.05) is 0 Å². The number of piperazine rings is 1. The summed E-state index contributed by atoms with van der Waals surface area (Å²) in [7, 11) is 0. The standard InChI is InChI=1S/C15H26N2O2/c1-9(2)8-10(3)17-11(4)13(18)16-15(5,14(17)19)12-6-7-12/h9-12H,6-8H2,1-5H3,(H,16,18). The summed E-state index contributed by atoms with van der Waals surface area (Å²) in [6.07, 6.45) is 3.02. The van der Waals surface area contributed by atoms with Gasteiger partial charge in [0.2, 0.25) is 11.8 Å². The Morgan fingerprint density at radius 2 is 1.89 bits per heavy atom. The Balaban J connectivity index is 2.23. The Morgan fingerprint density at radius 1 is 1.32 bits per heavy atom. The lowest BCUT2D eigenvalue weighted by atomic mass is 9.88. The largest absolute Gasteiger partial charge is 0.340 e. The van der Waals surface area contributed by atoms with Gasteiger partial charge in [0.15, 0.2) is 0 Å². The highest BCUT2D eigenvalue weighted by atomic mass is 16.2. The molecule has 19 heavy (non-hydrogen) atoms. The molecule has 1 aliphatic carbocycles. The number of nitrogens with zero attached hydrogens (tertiary/aromatic N) is 1. The molecule has 2 aliphatic rings. The number of amides is 2. The van der Waals surface area contributed by atoms with Crippen molar-refractivity contribution >= 4 is 11.8 Å². The Morgan fingerprint density at radius 3 is 2.37 bits per heavy atom. The molecule has 1 heterocycles. The van der Waals surface area contributed by atoms with Crippen LogP contribution in [0.4, 0.5) is 0 Å². The predicted molar refractivity (Wildman–Crippen MR) is 74.5 cm³/mol. The fourth-order valence-electron chi connectivity index (χ4n) is 3.30. The zero-order chi connectivity index (χ0) is 14.4. The van der Waals surface area contributed by atoms with Crippen LogP contribution in [0.15, 0.2) is 0 Å². The molecule has 0 radical (unpaired) electrons. The van der Waals surface area contributed by atoms with Gasteiger partial charge in [-0.25, -0.2) is 0 Å². The molecule has 1 saturated carbocycles. The van der Waals surface area contributed by atoms with Gasteiger partial charge < -0.3 is 10.2 Å². The average Bonchev–Trinajstić information content (AvgIpc) is 3.09. The van der Waals surface area contributed by atoms with E-state index in [1.807, 2.05) is 18.7 Å². The van der Waals surface area contributed by atoms with E-state index in [0.717, 1.165) is 19.3 Å². The molecule has 2 amide bonds. The van der Waals surface area contributed by atoms with Crippen molar-refractivity contribution in [3.05, 3.63) is 0 Å². The van der Waals surface area contributed by atoms with Gasteiger partial charge in [-0.2, -0.15) is 0 Å². The van der Waals surface area contributed by atoms with Crippen LogP contribution in [0, 0.1) is 11.8 Å². The average molecular weight is 266 g/mol. The first kappa shape index (κ1) is 14.4. The van der Waals surface area contributed by atoms with Crippen LogP contribution in [-0.4, -0.2) is 34.3 Å². The summed E-state index contributed by atoms with van der Waals surface area (Å²) in [6, 6.07) is -0.236. The molecule has 3 atom stereocenters. The highest BCUT2D eigenvalue weighted by Gasteiger charge is 2.55. The van der Waals surface area contributed by atoms with E-state index in [1.54, 1.807) is 0 Å². The number of rotatable bonds is 4. The Kier molecular flexibility index (Phi) is 3.63. The van der Waals surface area contributed by atoms with Crippen molar-refractivity contribution in [2.24, 2.45) is 11.8 Å². The second-order valence-corrected chi connectivity index (χ2v) is 6.83. The normalized spacial score (nSPS) is 33.6. The van der Waals surface area contributed by atoms with Gasteiger partial charge in [0.25, 0.3) is 0 Å². The number of carbonyl (C=O) groups is 2. The molecule has 2 rings (SSSR count). The number of nitrogens with one attached hydrogen (secondary N) is 1. The second kappa shape index (κ2) is 4.80. The molecule has 0 spiro atoms. The third-order valence-electron chi connectivity index (χ3n) is 4.54. The van der Waals surface area contributed by atoms with Crippen LogP contribution < -0.4 is 5.32 Å². The highest BCUT2D eigenvalue weighted by molar-refractivity contribution is 6.00. The highest BCUT2D eigenvalue weighted by Crippen LogP contribution is 2.42. The lowest BCUT2D eigenvalue weighted by Crippen LogP contribution is -2.71. The second-order valence-electron chi connectivity index (χ2n) is 6.83. The minimum Gasteiger partial charge on any atom is -0.340 e. The van der Waals surface area contributed by atoms with Gasteiger partial charge in [0.05, 0.1) is 0 Å². The Bertz CT molecular complexity index is 390. The zero-order valence-corrected chi connectivity index (χ0v) is 12.7. The van der Waals surface area contributed by atoms with Crippen LogP contribution in [0.3, 0.4) is 0 Å². The van der Waals surface area contributed by atoms with E-state index < -0.39 is 5.54 Å². The van der Waals surface area contributed by atoms with E-state index in [4.69, 9.17) is 0 Å². The molecule has 4 heteroatoms. The summed E-state index contributed by atoms with van der Waals surface area (Å²) >= 11 is 0. The summed E-state index contributed by atoms with van der Waals surface area (Å²) in [4.78, 5) is 26.8. The molecule has 1 saturated heterocycles. The minimum absolute atomic E-state index is 0.00962. The fourth-order valence-corrected chi connectivity index (χ4v) is 3.30. The number of hydrogen-bond donors (Lipinski definition) is 1. The van der Waals surface area contributed by atoms with Gasteiger partial charge in [-0.05, 0) is 51.9 Å². The maximum atomic E-state index is 12.8. The minimum atomic E-state index is -0.672. The molecule has 0 aromatic rings. The quantitative estimate of drug-likeness (QED) is 0.845. The monoisotopic (exact) mass is 266 g/mol. The molecule has 0 aromatic heterocycles. The van der Waals surface area contributed by atoms with Gasteiger partial charge in [-0.1, -0.05) is 13.8 Å². The van der Waals surface area contributed by atoms with E-state index in [-0.39, 0.29) is 23.9 Å². The first-order valence-electron chi connectivity index (χ1n) is 7.42. The number of hydrogen-bond acceptors (Lipinski definition) is 2. The van der Waals surface area contributed by atoms with Gasteiger partial charge in [-0.15, -0.1) is 0 Å². The molecule has 4 nitrogen and oxygen atoms in total. The van der Waals surface area contributed by atoms with Crippen LogP contribution >= 0.6 is 0 Å². The maximum absolute atomic E-state index is 12.8. The summed E-state index contributed by atoms with van der Waals surface area (Å²) in [5.41, 5.74) is -0.672. The first-order valence-corrected chi connectivity index (χ1v) is 7.42. The van der Waals surface area contributed by atoms with Gasteiger partial charge in [0.1, 0.15) is 11.6 Å². The summed E-state index contributed by atoms with van der Waals surface area (Å²) in [5, 5.41) is 2.96. The molecule has 1 N–H and O–H groups in total. The Labute approximate surface area is 115 Å². The molecular weight excluding hydrogens is 240 g/mol. The van der Waals surface area contributed by atoms with Crippen LogP contribution in [0.5, 0.6) is 0 Å². The molecule has 108 valence electrons. The van der Waals surface area contributed by atoms with Crippen LogP contribution in [0.1, 0.15) is 53.9 Å². The predicted octanol–water partition coefficient (Wildman–Crippen LogP) is 1.94. The van der Waals surface area contributed by atoms with Crippen LogP contribution in [-0.2, 0) is 9.59 Å². The first-order chi connectivity index (χ1) is 8.77. The van der Waals surface area contributed by atoms with Crippen molar-refractivity contribution < 1.29 is 9.59 Å². The molecule has 0 aromatic carbocycles. The van der Waals surface area contributed by atoms with E-state index in [1.165, 1.54) is 0 Å². The van der Waals surface area contributed by atoms with E-state index in [0.29, 0.717) is 11.8 Å². The fraction of sp³-hybridized carbons (Fsp3) is 0.867. The van der Waals surface area contributed by atoms with Crippen molar-refractivity contribution in [3.8, 4) is 0 Å². The number of carbonyl (C=O) groups excluding carboxylic acids is 2. The third-order valence-corrected chi connectivity index (χ3v) is 4.54. The van der Waals surface area contributed by atoms with Gasteiger partial charge in [-0.3, -0.25) is 9.59 Å². The van der Waals surface area contributed by atoms with E-state index in [9.17, 15) is 9.59 Å². The third kappa shape index (κ3) is 2.49. The Hall–Kier alpha value is -1.06. The molecule has 1 aliphatic heterocycles. The lowest BCUT2D eigenvalue weighted by Gasteiger charge is -2.46. The van der Waals surface area contributed by atoms with Crippen molar-refractivity contribution in [1.29, 1.82) is 0 Å². The summed E-state index contributed by atoms with van der Waals surface area (Å²) in [6.45, 7) is 10.1. The van der Waals surface area contributed by atoms with Crippen LogP contribution in [0.25, 0.3) is 0 Å². The van der Waals surface area contributed by atoms with Gasteiger partial charge >= 0.3 is 0 Å². The molecule has 2 fully saturated rings. The molecular formula is C15H26N2O2. The van der Waals surface area contributed by atoms with E-state index >= 15 is 0 Å². The van der Waals surface area contributed by atoms with Gasteiger partial charge in [0, 0.05) is 6.04 Å². The van der Waals surface area contributed by atoms with Crippen LogP contribution in [0.2, 0.25) is 0 Å². The van der Waals surface area contributed by atoms with E-state index in [2.05, 4.69) is 26.1 Å². The SMILES string of the molecule is CC(C)CC(C)N1C(=O)C(C)(C2CC2)NC(=O)C1C.